The first-order valence-electron chi connectivity index (χ1n) is 36.4. The second-order valence-corrected chi connectivity index (χ2v) is 33.6. The van der Waals surface area contributed by atoms with Gasteiger partial charge in [0.15, 0.2) is 0 Å². The van der Waals surface area contributed by atoms with Crippen molar-refractivity contribution in [2.45, 2.75) is 155 Å². The van der Waals surface area contributed by atoms with E-state index >= 15 is 0 Å². The first kappa shape index (κ1) is 60.8. The molecule has 0 aliphatic heterocycles. The molecule has 0 saturated carbocycles. The molecule has 0 saturated heterocycles. The molecule has 3 atom stereocenters. The zero-order chi connectivity index (χ0) is 67.1. The minimum atomic E-state index is -0.0731. The Balaban J connectivity index is 0.974. The SMILES string of the molecule is CC(C)(C)c1cc(-c2c3c(c(-c4cc(C(C)(C)C)cc(C(C)(C)C)c4)c4ccccc24)C2CC=C4c5c(ccc-3c52)-c2c4c(-c3ccc4c(c3)C3=C(C=CCC3)CC=CC=CC4)c3cc4ccccc4cc3c2C2=CC3c4ccccc4-c4ccccc4C3C=C2)cc(C(C)(C)C)c1. The van der Waals surface area contributed by atoms with Crippen molar-refractivity contribution in [3.05, 3.63) is 315 Å². The number of fused-ring (bicyclic) bond motifs is 17. The quantitative estimate of drug-likeness (QED) is 0.154. The number of hydrogen-bond acceptors (Lipinski definition) is 0. The van der Waals surface area contributed by atoms with Crippen molar-refractivity contribution in [3.63, 3.8) is 0 Å². The van der Waals surface area contributed by atoms with Crippen LogP contribution < -0.4 is 0 Å². The maximum atomic E-state index is 2.74. The highest BCUT2D eigenvalue weighted by molar-refractivity contribution is 6.24. The molecule has 3 unspecified atom stereocenters. The smallest absolute Gasteiger partial charge is 0.0149 e. The molecule has 0 amide bonds. The van der Waals surface area contributed by atoms with Crippen molar-refractivity contribution in [2.24, 2.45) is 0 Å². The Hall–Kier alpha value is -9.62. The fraction of sp³-hybridized carbons (Fsp3) is 0.245. The summed E-state index contributed by atoms with van der Waals surface area (Å²) >= 11 is 0. The summed E-state index contributed by atoms with van der Waals surface area (Å²) in [6, 6.07) is 70.5. The van der Waals surface area contributed by atoms with Crippen molar-refractivity contribution in [1.29, 1.82) is 0 Å². The van der Waals surface area contributed by atoms with E-state index in [-0.39, 0.29) is 39.4 Å². The molecular formula is C98H88. The van der Waals surface area contributed by atoms with Crippen molar-refractivity contribution in [2.75, 3.05) is 0 Å². The lowest BCUT2D eigenvalue weighted by Gasteiger charge is -2.35. The van der Waals surface area contributed by atoms with Crippen LogP contribution in [0, 0.1) is 0 Å². The van der Waals surface area contributed by atoms with Gasteiger partial charge >= 0.3 is 0 Å². The Labute approximate surface area is 581 Å². The van der Waals surface area contributed by atoms with Crippen molar-refractivity contribution >= 4 is 49.0 Å². The van der Waals surface area contributed by atoms with Gasteiger partial charge in [-0.05, 0) is 266 Å². The van der Waals surface area contributed by atoms with Crippen molar-refractivity contribution in [3.8, 4) is 66.8 Å². The highest BCUT2D eigenvalue weighted by Gasteiger charge is 2.46. The third-order valence-electron chi connectivity index (χ3n) is 23.4. The van der Waals surface area contributed by atoms with Crippen molar-refractivity contribution < 1.29 is 0 Å². The van der Waals surface area contributed by atoms with E-state index in [9.17, 15) is 0 Å². The van der Waals surface area contributed by atoms with Gasteiger partial charge in [0.1, 0.15) is 0 Å². The number of hydrogen-bond donors (Lipinski definition) is 0. The number of rotatable bonds is 4. The first-order valence-corrected chi connectivity index (χ1v) is 36.4. The first-order chi connectivity index (χ1) is 47.2. The average Bonchev–Trinajstić information content (AvgIpc) is 1.49. The average molecular weight is 1270 g/mol. The fourth-order valence-electron chi connectivity index (χ4n) is 18.4. The molecule has 11 aromatic rings. The van der Waals surface area contributed by atoms with Crippen LogP contribution in [0.5, 0.6) is 0 Å². The van der Waals surface area contributed by atoms with E-state index in [1.165, 1.54) is 194 Å². The zero-order valence-corrected chi connectivity index (χ0v) is 59.3. The van der Waals surface area contributed by atoms with Gasteiger partial charge in [-0.1, -0.05) is 302 Å². The van der Waals surface area contributed by atoms with Crippen LogP contribution in [-0.2, 0) is 28.1 Å². The van der Waals surface area contributed by atoms with Gasteiger partial charge in [-0.15, -0.1) is 0 Å². The molecule has 0 fully saturated rings. The summed E-state index contributed by atoms with van der Waals surface area (Å²) in [6.45, 7) is 28.8. The topological polar surface area (TPSA) is 0 Å². The second-order valence-electron chi connectivity index (χ2n) is 33.6. The monoisotopic (exact) mass is 1260 g/mol. The standard InChI is InChI=1S/C98H88/c1-95(2,3)65-47-63(48-66(55-65)96(4,5)6)87-75-37-25-26-38-76(75)88(64-49-67(97(7,8)9)56-68(50-64)98(10,11)12)94-80-46-44-78-89-77(43-45-79(90(80)89)93(87)94)91-85(61-40-39-58-28-16-14-13-15-27-57-29-19-20-32-69(57)81(58)53-61)83-51-59-30-17-18-31-60(59)52-84(83)86(92(78)91)62-41-42-74-72-35-22-21-33-70(72)71-34-23-24-36-73(71)82(74)54-62/h13-19,21-26,29-31,33-44,46-56,74,79,82H,20,27-28,32,45H2,1-12H3. The van der Waals surface area contributed by atoms with Gasteiger partial charge in [0.2, 0.25) is 0 Å². The maximum Gasteiger partial charge on any atom is 0.0149 e. The molecule has 98 heavy (non-hydrogen) atoms. The molecule has 0 N–H and O–H groups in total. The Morgan fingerprint density at radius 2 is 0.918 bits per heavy atom. The summed E-state index contributed by atoms with van der Waals surface area (Å²) in [7, 11) is 0. The van der Waals surface area contributed by atoms with E-state index in [4.69, 9.17) is 0 Å². The minimum absolute atomic E-state index is 0.0699. The summed E-state index contributed by atoms with van der Waals surface area (Å²) in [5.74, 6) is 0.482. The largest absolute Gasteiger partial charge is 0.0839 e. The highest BCUT2D eigenvalue weighted by atomic mass is 14.5. The van der Waals surface area contributed by atoms with E-state index in [0.717, 1.165) is 32.1 Å². The Kier molecular flexibility index (Phi) is 13.6. The normalized spacial score (nSPS) is 18.0. The summed E-state index contributed by atoms with van der Waals surface area (Å²) in [5, 5.41) is 7.82. The summed E-state index contributed by atoms with van der Waals surface area (Å²) in [4.78, 5) is 0. The van der Waals surface area contributed by atoms with Crippen LogP contribution in [0.1, 0.15) is 199 Å². The van der Waals surface area contributed by atoms with Gasteiger partial charge in [-0.3, -0.25) is 0 Å². The minimum Gasteiger partial charge on any atom is -0.0839 e. The van der Waals surface area contributed by atoms with Gasteiger partial charge in [0.05, 0.1) is 0 Å². The van der Waals surface area contributed by atoms with Crippen LogP contribution in [0.15, 0.2) is 242 Å². The summed E-state index contributed by atoms with van der Waals surface area (Å²) in [5.41, 5.74) is 39.9. The van der Waals surface area contributed by atoms with Crippen LogP contribution in [0.2, 0.25) is 0 Å². The molecule has 0 heterocycles. The van der Waals surface area contributed by atoms with Crippen LogP contribution in [0.4, 0.5) is 0 Å². The van der Waals surface area contributed by atoms with Crippen LogP contribution in [-0.4, -0.2) is 0 Å². The van der Waals surface area contributed by atoms with E-state index < -0.39 is 0 Å². The molecular weight excluding hydrogens is 1180 g/mol. The summed E-state index contributed by atoms with van der Waals surface area (Å²) in [6.07, 6.45) is 29.4. The van der Waals surface area contributed by atoms with Gasteiger partial charge in [0, 0.05) is 17.8 Å². The highest BCUT2D eigenvalue weighted by Crippen LogP contribution is 2.67. The molecule has 0 bridgehead atoms. The molecule has 7 aliphatic carbocycles. The Morgan fingerprint density at radius 3 is 1.56 bits per heavy atom. The van der Waals surface area contributed by atoms with E-state index in [1.54, 1.807) is 0 Å². The van der Waals surface area contributed by atoms with E-state index in [1.807, 2.05) is 0 Å². The Morgan fingerprint density at radius 1 is 0.367 bits per heavy atom. The summed E-state index contributed by atoms with van der Waals surface area (Å²) < 4.78 is 0. The lowest BCUT2D eigenvalue weighted by molar-refractivity contribution is 0.568. The molecule has 480 valence electrons. The molecule has 18 rings (SSSR count). The predicted molar refractivity (Wildman–Crippen MR) is 421 cm³/mol. The van der Waals surface area contributed by atoms with Crippen molar-refractivity contribution in [1.82, 2.24) is 0 Å². The third kappa shape index (κ3) is 9.43. The molecule has 0 spiro atoms. The lowest BCUT2D eigenvalue weighted by atomic mass is 9.68. The van der Waals surface area contributed by atoms with Gasteiger partial charge in [-0.25, -0.2) is 0 Å². The van der Waals surface area contributed by atoms with Gasteiger partial charge < -0.3 is 0 Å². The van der Waals surface area contributed by atoms with E-state index in [0.29, 0.717) is 0 Å². The fourth-order valence-corrected chi connectivity index (χ4v) is 18.4. The zero-order valence-electron chi connectivity index (χ0n) is 59.3. The van der Waals surface area contributed by atoms with Gasteiger partial charge in [-0.2, -0.15) is 0 Å². The molecule has 0 nitrogen and oxygen atoms in total. The van der Waals surface area contributed by atoms with E-state index in [2.05, 4.69) is 320 Å². The number of benzene rings is 11. The molecule has 0 aromatic heterocycles. The second kappa shape index (κ2) is 21.9. The lowest BCUT2D eigenvalue weighted by Crippen LogP contribution is -2.17. The van der Waals surface area contributed by atoms with Crippen LogP contribution >= 0.6 is 0 Å². The molecule has 0 radical (unpaired) electrons. The Bertz CT molecular complexity index is 5490. The maximum absolute atomic E-state index is 2.74. The molecule has 11 aromatic carbocycles. The number of allylic oxidation sites excluding steroid dienone is 13. The predicted octanol–water partition coefficient (Wildman–Crippen LogP) is 26.9. The van der Waals surface area contributed by atoms with Crippen LogP contribution in [0.25, 0.3) is 116 Å². The van der Waals surface area contributed by atoms with Crippen LogP contribution in [0.3, 0.4) is 0 Å². The molecule has 7 aliphatic rings. The third-order valence-corrected chi connectivity index (χ3v) is 23.4. The van der Waals surface area contributed by atoms with Gasteiger partial charge in [0.25, 0.3) is 0 Å². The molecule has 0 heteroatoms.